The molecule has 1 heterocycles. The summed E-state index contributed by atoms with van der Waals surface area (Å²) in [6.07, 6.45) is 0.150. The van der Waals surface area contributed by atoms with Gasteiger partial charge in [0.15, 0.2) is 0 Å². The maximum absolute atomic E-state index is 12.5. The summed E-state index contributed by atoms with van der Waals surface area (Å²) in [5, 5.41) is 3.71. The second-order valence-corrected chi connectivity index (χ2v) is 5.97. The Labute approximate surface area is 145 Å². The Morgan fingerprint density at radius 3 is 2.42 bits per heavy atom. The molecule has 2 amide bonds. The zero-order valence-corrected chi connectivity index (χ0v) is 13.9. The summed E-state index contributed by atoms with van der Waals surface area (Å²) in [6, 6.07) is 13.7. The summed E-state index contributed by atoms with van der Waals surface area (Å²) in [7, 11) is 1.61. The lowest BCUT2D eigenvalue weighted by molar-refractivity contribution is -0.121. The minimum Gasteiger partial charge on any atom is -0.497 e. The van der Waals surface area contributed by atoms with Crippen LogP contribution in [0.1, 0.15) is 12.0 Å². The van der Waals surface area contributed by atoms with E-state index in [0.29, 0.717) is 17.3 Å². The molecule has 0 bridgehead atoms. The number of methoxy groups -OCH3 is 1. The van der Waals surface area contributed by atoms with Gasteiger partial charge >= 0.3 is 0 Å². The van der Waals surface area contributed by atoms with Crippen LogP contribution in [-0.4, -0.2) is 25.0 Å². The minimum absolute atomic E-state index is 0.150. The van der Waals surface area contributed by atoms with E-state index >= 15 is 0 Å². The van der Waals surface area contributed by atoms with Gasteiger partial charge in [0, 0.05) is 11.6 Å². The van der Waals surface area contributed by atoms with Gasteiger partial charge in [-0.1, -0.05) is 23.7 Å². The lowest BCUT2D eigenvalue weighted by atomic mass is 10.2. The summed E-state index contributed by atoms with van der Waals surface area (Å²) in [4.78, 5) is 25.9. The van der Waals surface area contributed by atoms with E-state index in [1.165, 1.54) is 4.90 Å². The first-order valence-corrected chi connectivity index (χ1v) is 7.95. The predicted molar refractivity (Wildman–Crippen MR) is 92.2 cm³/mol. The third kappa shape index (κ3) is 3.42. The summed E-state index contributed by atoms with van der Waals surface area (Å²) in [6.45, 7) is 0.502. The highest BCUT2D eigenvalue weighted by Gasteiger charge is 2.39. The number of carbonyl (C=O) groups excluding carboxylic acids is 2. The highest BCUT2D eigenvalue weighted by Crippen LogP contribution is 2.24. The van der Waals surface area contributed by atoms with Crippen molar-refractivity contribution in [1.82, 2.24) is 5.32 Å². The fourth-order valence-electron chi connectivity index (χ4n) is 2.64. The Hall–Kier alpha value is -2.37. The van der Waals surface area contributed by atoms with Gasteiger partial charge in [0.1, 0.15) is 5.75 Å². The molecule has 24 heavy (non-hydrogen) atoms. The third-order valence-electron chi connectivity index (χ3n) is 3.94. The summed E-state index contributed by atoms with van der Waals surface area (Å²) < 4.78 is 5.11. The van der Waals surface area contributed by atoms with Crippen LogP contribution in [0.15, 0.2) is 48.5 Å². The van der Waals surface area contributed by atoms with E-state index < -0.39 is 6.04 Å². The van der Waals surface area contributed by atoms with Crippen LogP contribution >= 0.6 is 11.6 Å². The number of rotatable bonds is 5. The van der Waals surface area contributed by atoms with Crippen LogP contribution in [0.4, 0.5) is 5.69 Å². The average molecular weight is 345 g/mol. The van der Waals surface area contributed by atoms with Crippen LogP contribution in [0.5, 0.6) is 5.75 Å². The lowest BCUT2D eigenvalue weighted by Crippen LogP contribution is -2.38. The molecular weight excluding hydrogens is 328 g/mol. The Balaban J connectivity index is 1.66. The molecule has 5 nitrogen and oxygen atoms in total. The second kappa shape index (κ2) is 7.03. The Bertz CT molecular complexity index is 744. The van der Waals surface area contributed by atoms with E-state index in [1.54, 1.807) is 31.4 Å². The Kier molecular flexibility index (Phi) is 4.83. The van der Waals surface area contributed by atoms with Crippen molar-refractivity contribution in [2.24, 2.45) is 0 Å². The quantitative estimate of drug-likeness (QED) is 0.847. The van der Waals surface area contributed by atoms with Crippen LogP contribution < -0.4 is 15.0 Å². The predicted octanol–water partition coefficient (Wildman–Crippen LogP) is 2.77. The zero-order valence-electron chi connectivity index (χ0n) is 13.2. The smallest absolute Gasteiger partial charge is 0.251 e. The van der Waals surface area contributed by atoms with Crippen molar-refractivity contribution in [1.29, 1.82) is 0 Å². The number of anilines is 1. The molecule has 0 unspecified atom stereocenters. The SMILES string of the molecule is COc1ccc(CN[C@H]2CC(=O)N(c3ccc(Cl)cc3)C2=O)cc1. The summed E-state index contributed by atoms with van der Waals surface area (Å²) in [5.41, 5.74) is 1.56. The van der Waals surface area contributed by atoms with Crippen LogP contribution in [0.2, 0.25) is 5.02 Å². The van der Waals surface area contributed by atoms with Gasteiger partial charge in [0.25, 0.3) is 5.91 Å². The second-order valence-electron chi connectivity index (χ2n) is 5.53. The van der Waals surface area contributed by atoms with Gasteiger partial charge in [-0.2, -0.15) is 0 Å². The van der Waals surface area contributed by atoms with E-state index in [4.69, 9.17) is 16.3 Å². The highest BCUT2D eigenvalue weighted by molar-refractivity contribution is 6.30. The topological polar surface area (TPSA) is 58.6 Å². The molecule has 1 fully saturated rings. The van der Waals surface area contributed by atoms with Gasteiger partial charge < -0.3 is 10.1 Å². The number of ether oxygens (including phenoxy) is 1. The van der Waals surface area contributed by atoms with Crippen LogP contribution in [0.25, 0.3) is 0 Å². The van der Waals surface area contributed by atoms with Crippen molar-refractivity contribution in [3.05, 3.63) is 59.1 Å². The van der Waals surface area contributed by atoms with Crippen molar-refractivity contribution < 1.29 is 14.3 Å². The first-order chi connectivity index (χ1) is 11.6. The summed E-state index contributed by atoms with van der Waals surface area (Å²) >= 11 is 5.85. The van der Waals surface area contributed by atoms with Gasteiger partial charge in [-0.3, -0.25) is 9.59 Å². The van der Waals surface area contributed by atoms with Crippen molar-refractivity contribution >= 4 is 29.1 Å². The molecule has 0 radical (unpaired) electrons. The van der Waals surface area contributed by atoms with E-state index in [1.807, 2.05) is 24.3 Å². The molecule has 0 aliphatic carbocycles. The van der Waals surface area contributed by atoms with Crippen molar-refractivity contribution in [3.8, 4) is 5.75 Å². The Morgan fingerprint density at radius 2 is 1.79 bits per heavy atom. The number of imide groups is 1. The molecule has 1 aliphatic heterocycles. The fourth-order valence-corrected chi connectivity index (χ4v) is 2.76. The molecule has 124 valence electrons. The minimum atomic E-state index is -0.518. The monoisotopic (exact) mass is 344 g/mol. The first kappa shape index (κ1) is 16.5. The van der Waals surface area contributed by atoms with E-state index in [-0.39, 0.29) is 18.2 Å². The van der Waals surface area contributed by atoms with Crippen molar-refractivity contribution in [2.45, 2.75) is 19.0 Å². The molecule has 0 spiro atoms. The number of hydrogen-bond acceptors (Lipinski definition) is 4. The normalized spacial score (nSPS) is 17.4. The Morgan fingerprint density at radius 1 is 1.12 bits per heavy atom. The largest absolute Gasteiger partial charge is 0.497 e. The molecule has 1 atom stereocenters. The number of amides is 2. The molecule has 0 saturated carbocycles. The number of halogens is 1. The van der Waals surface area contributed by atoms with Gasteiger partial charge in [-0.25, -0.2) is 4.90 Å². The third-order valence-corrected chi connectivity index (χ3v) is 4.20. The molecule has 0 aromatic heterocycles. The molecular formula is C18H17ClN2O3. The number of nitrogens with zero attached hydrogens (tertiary/aromatic N) is 1. The molecule has 3 rings (SSSR count). The van der Waals surface area contributed by atoms with E-state index in [2.05, 4.69) is 5.32 Å². The van der Waals surface area contributed by atoms with Gasteiger partial charge in [0.05, 0.1) is 25.3 Å². The standard InChI is InChI=1S/C18H17ClN2O3/c1-24-15-8-2-12(3-9-15)11-20-16-10-17(22)21(18(16)23)14-6-4-13(19)5-7-14/h2-9,16,20H,10-11H2,1H3/t16-/m0/s1. The van der Waals surface area contributed by atoms with Crippen LogP contribution in [-0.2, 0) is 16.1 Å². The molecule has 2 aromatic carbocycles. The number of hydrogen-bond donors (Lipinski definition) is 1. The lowest BCUT2D eigenvalue weighted by Gasteiger charge is -2.15. The van der Waals surface area contributed by atoms with Crippen molar-refractivity contribution in [3.63, 3.8) is 0 Å². The maximum atomic E-state index is 12.5. The number of nitrogens with one attached hydrogen (secondary N) is 1. The van der Waals surface area contributed by atoms with Gasteiger partial charge in [-0.05, 0) is 42.0 Å². The van der Waals surface area contributed by atoms with Crippen LogP contribution in [0, 0.1) is 0 Å². The summed E-state index contributed by atoms with van der Waals surface area (Å²) in [5.74, 6) is 0.324. The number of benzene rings is 2. The number of carbonyl (C=O) groups is 2. The zero-order chi connectivity index (χ0) is 17.1. The van der Waals surface area contributed by atoms with E-state index in [0.717, 1.165) is 11.3 Å². The molecule has 1 saturated heterocycles. The van der Waals surface area contributed by atoms with Gasteiger partial charge in [-0.15, -0.1) is 0 Å². The average Bonchev–Trinajstić information content (AvgIpc) is 2.88. The molecule has 1 N–H and O–H groups in total. The molecule has 1 aliphatic rings. The highest BCUT2D eigenvalue weighted by atomic mass is 35.5. The molecule has 6 heteroatoms. The fraction of sp³-hybridized carbons (Fsp3) is 0.222. The van der Waals surface area contributed by atoms with Gasteiger partial charge in [0.2, 0.25) is 5.91 Å². The van der Waals surface area contributed by atoms with E-state index in [9.17, 15) is 9.59 Å². The molecule has 2 aromatic rings. The van der Waals surface area contributed by atoms with Crippen molar-refractivity contribution in [2.75, 3.05) is 12.0 Å². The maximum Gasteiger partial charge on any atom is 0.251 e. The van der Waals surface area contributed by atoms with Crippen LogP contribution in [0.3, 0.4) is 0 Å². The first-order valence-electron chi connectivity index (χ1n) is 7.57.